The van der Waals surface area contributed by atoms with E-state index in [2.05, 4.69) is 74.7 Å². The first kappa shape index (κ1) is 65.1. The van der Waals surface area contributed by atoms with Gasteiger partial charge in [-0.05, 0) is 112 Å². The maximum Gasteiger partial charge on any atom is 0.433 e. The van der Waals surface area contributed by atoms with Crippen LogP contribution in [0.4, 0.5) is 37.7 Å². The Morgan fingerprint density at radius 1 is 0.554 bits per heavy atom. The van der Waals surface area contributed by atoms with Crippen LogP contribution in [0.25, 0.3) is 33.8 Å². The van der Waals surface area contributed by atoms with Crippen molar-refractivity contribution in [1.82, 2.24) is 59.4 Å². The lowest BCUT2D eigenvalue weighted by atomic mass is 10.0. The number of rotatable bonds is 14. The second kappa shape index (κ2) is 27.4. The van der Waals surface area contributed by atoms with Crippen LogP contribution in [0.5, 0.6) is 11.5 Å². The predicted octanol–water partition coefficient (Wildman–Crippen LogP) is 8.04. The lowest BCUT2D eigenvalue weighted by molar-refractivity contribution is -0.144. The summed E-state index contributed by atoms with van der Waals surface area (Å²) in [5.41, 5.74) is 2.94. The molecule has 0 bridgehead atoms. The van der Waals surface area contributed by atoms with Crippen molar-refractivity contribution >= 4 is 34.5 Å². The highest BCUT2D eigenvalue weighted by Gasteiger charge is 2.42. The van der Waals surface area contributed by atoms with Gasteiger partial charge in [0.1, 0.15) is 22.6 Å². The molecule has 8 aromatic rings. The van der Waals surface area contributed by atoms with Crippen molar-refractivity contribution in [2.45, 2.75) is 64.2 Å². The van der Waals surface area contributed by atoms with Crippen molar-refractivity contribution in [2.75, 3.05) is 129 Å². The Morgan fingerprint density at radius 3 is 1.25 bits per heavy atom. The van der Waals surface area contributed by atoms with Gasteiger partial charge in [-0.3, -0.25) is 19.4 Å². The number of alkyl halides is 6. The van der Waals surface area contributed by atoms with Crippen molar-refractivity contribution in [3.63, 3.8) is 0 Å². The number of ether oxygens (including phenoxy) is 2. The molecule has 4 fully saturated rings. The SMILES string of the molecule is COc1ccc(-c2nc3c(C(=O)N4CCN([C@@H](CO)c5cccc(N6CCNCC6)c5)C[C@H]4C)cnn3c(C(F)(F)F)c2C)cc1.COc1ccc(-c2nc3c(C(=O)N4CCN([C@H](CO)c5cccc(N6CCNCC6)c5)C[C@H]4C)cnn3c(C(F)(F)F)c2C)cc1. The number of nitrogens with one attached hydrogen (secondary N) is 2. The molecule has 488 valence electrons. The quantitative estimate of drug-likeness (QED) is 0.0763. The minimum absolute atomic E-state index is 0.00277. The molecule has 0 radical (unpaired) electrons. The number of hydrogen-bond donors (Lipinski definition) is 4. The van der Waals surface area contributed by atoms with E-state index >= 15 is 0 Å². The number of carbonyl (C=O) groups excluding carboxylic acids is 2. The second-order valence-electron chi connectivity index (χ2n) is 23.7. The molecule has 20 nitrogen and oxygen atoms in total. The number of halogens is 6. The minimum Gasteiger partial charge on any atom is -0.497 e. The van der Waals surface area contributed by atoms with Gasteiger partial charge in [0, 0.05) is 137 Å². The molecule has 4 aliphatic rings. The molecule has 0 unspecified atom stereocenters. The Bertz CT molecular complexity index is 3660. The van der Waals surface area contributed by atoms with Gasteiger partial charge in [0.15, 0.2) is 22.7 Å². The van der Waals surface area contributed by atoms with E-state index in [1.54, 1.807) is 58.3 Å². The van der Waals surface area contributed by atoms with Gasteiger partial charge in [0.05, 0.1) is 63.3 Å². The van der Waals surface area contributed by atoms with E-state index in [-0.39, 0.29) is 82.3 Å². The van der Waals surface area contributed by atoms with Gasteiger partial charge in [0.25, 0.3) is 11.8 Å². The summed E-state index contributed by atoms with van der Waals surface area (Å²) in [5.74, 6) is 0.243. The molecule has 4 N–H and O–H groups in total. The fourth-order valence-corrected chi connectivity index (χ4v) is 13.2. The first-order chi connectivity index (χ1) is 44.2. The molecule has 4 aromatic heterocycles. The highest BCUT2D eigenvalue weighted by Crippen LogP contribution is 2.40. The van der Waals surface area contributed by atoms with Crippen LogP contribution in [0.2, 0.25) is 0 Å². The summed E-state index contributed by atoms with van der Waals surface area (Å²) in [5, 5.41) is 35.7. The number of carbonyl (C=O) groups is 2. The van der Waals surface area contributed by atoms with Gasteiger partial charge < -0.3 is 49.9 Å². The summed E-state index contributed by atoms with van der Waals surface area (Å²) >= 11 is 0. The third-order valence-electron chi connectivity index (χ3n) is 18.0. The molecular weight excluding hydrogens is 1200 g/mol. The number of hydrogen-bond acceptors (Lipinski definition) is 16. The smallest absolute Gasteiger partial charge is 0.433 e. The number of amides is 2. The van der Waals surface area contributed by atoms with Crippen molar-refractivity contribution in [2.24, 2.45) is 0 Å². The molecule has 4 aliphatic heterocycles. The van der Waals surface area contributed by atoms with Gasteiger partial charge >= 0.3 is 12.4 Å². The Labute approximate surface area is 528 Å². The van der Waals surface area contributed by atoms with E-state index in [0.29, 0.717) is 61.9 Å². The zero-order valence-electron chi connectivity index (χ0n) is 52.2. The van der Waals surface area contributed by atoms with Gasteiger partial charge in [-0.1, -0.05) is 24.3 Å². The fraction of sp³-hybridized carbons (Fsp3) is 0.424. The van der Waals surface area contributed by atoms with Crippen LogP contribution in [-0.4, -0.2) is 202 Å². The number of aliphatic hydroxyl groups excluding tert-OH is 2. The highest BCUT2D eigenvalue weighted by atomic mass is 19.4. The van der Waals surface area contributed by atoms with Gasteiger partial charge in [-0.2, -0.15) is 36.5 Å². The van der Waals surface area contributed by atoms with Crippen LogP contribution in [-0.2, 0) is 12.4 Å². The molecule has 4 aromatic carbocycles. The van der Waals surface area contributed by atoms with E-state index in [1.807, 2.05) is 38.1 Å². The molecule has 12 rings (SSSR count). The Balaban J connectivity index is 0.000000188. The molecule has 8 heterocycles. The van der Waals surface area contributed by atoms with E-state index in [1.165, 1.54) is 40.5 Å². The first-order valence-electron chi connectivity index (χ1n) is 30.8. The van der Waals surface area contributed by atoms with E-state index < -0.39 is 35.6 Å². The summed E-state index contributed by atoms with van der Waals surface area (Å²) in [6.45, 7) is 16.3. The van der Waals surface area contributed by atoms with Crippen LogP contribution in [0.1, 0.15) is 80.3 Å². The largest absolute Gasteiger partial charge is 0.497 e. The molecular formula is C66H76F6N14O6. The van der Waals surface area contributed by atoms with Crippen molar-refractivity contribution in [3.8, 4) is 34.0 Å². The predicted molar refractivity (Wildman–Crippen MR) is 336 cm³/mol. The number of methoxy groups -OCH3 is 2. The van der Waals surface area contributed by atoms with E-state index in [4.69, 9.17) is 9.47 Å². The van der Waals surface area contributed by atoms with Gasteiger partial charge in [-0.15, -0.1) is 0 Å². The summed E-state index contributed by atoms with van der Waals surface area (Å²) < 4.78 is 98.3. The molecule has 2 amide bonds. The van der Waals surface area contributed by atoms with Gasteiger partial charge in [0.2, 0.25) is 0 Å². The van der Waals surface area contributed by atoms with Crippen molar-refractivity contribution in [1.29, 1.82) is 0 Å². The maximum absolute atomic E-state index is 14.4. The average molecular weight is 1280 g/mol. The number of nitrogens with zero attached hydrogens (tertiary/aromatic N) is 12. The number of anilines is 2. The normalized spacial score (nSPS) is 18.6. The number of benzene rings is 4. The summed E-state index contributed by atoms with van der Waals surface area (Å²) in [6.07, 6.45) is -7.12. The topological polar surface area (TPSA) is 197 Å². The third kappa shape index (κ3) is 13.3. The number of aliphatic hydroxyl groups is 2. The third-order valence-corrected chi connectivity index (χ3v) is 18.0. The maximum atomic E-state index is 14.4. The van der Waals surface area contributed by atoms with Crippen LogP contribution < -0.4 is 29.9 Å². The minimum atomic E-state index is -4.74. The number of piperazine rings is 4. The Kier molecular flexibility index (Phi) is 19.4. The van der Waals surface area contributed by atoms with Crippen molar-refractivity contribution in [3.05, 3.63) is 154 Å². The van der Waals surface area contributed by atoms with Crippen molar-refractivity contribution < 1.29 is 55.6 Å². The fourth-order valence-electron chi connectivity index (χ4n) is 13.2. The average Bonchev–Trinajstić information content (AvgIpc) is 1.53. The number of fused-ring (bicyclic) bond motifs is 2. The van der Waals surface area contributed by atoms with E-state index in [9.17, 15) is 46.1 Å². The second-order valence-corrected chi connectivity index (χ2v) is 23.7. The standard InChI is InChI=1S/2C33H38F3N7O3/c2*1-21-19-41(28(20-44)24-5-4-6-25(17-24)40-13-11-37-12-14-40)15-16-42(21)32(45)27-18-38-43-30(33(34,35)36)22(2)29(39-31(27)43)23-7-9-26(46-3)10-8-23/h2*4-10,17-18,21,28,37,44H,11-16,19-20H2,1-3H3/t21-,28+;21-,28-/m11/s1. The summed E-state index contributed by atoms with van der Waals surface area (Å²) in [4.78, 5) is 49.3. The zero-order chi connectivity index (χ0) is 65.2. The highest BCUT2D eigenvalue weighted by molar-refractivity contribution is 6.01. The molecule has 0 aliphatic carbocycles. The van der Waals surface area contributed by atoms with Crippen LogP contribution in [0, 0.1) is 13.8 Å². The Hall–Kier alpha value is -8.40. The lowest BCUT2D eigenvalue weighted by Gasteiger charge is -2.43. The monoisotopic (exact) mass is 1270 g/mol. The van der Waals surface area contributed by atoms with Crippen LogP contribution in [0.3, 0.4) is 0 Å². The zero-order valence-corrected chi connectivity index (χ0v) is 52.2. The molecule has 4 atom stereocenters. The summed E-state index contributed by atoms with van der Waals surface area (Å²) in [6, 6.07) is 28.5. The number of aromatic nitrogens is 6. The lowest BCUT2D eigenvalue weighted by Crippen LogP contribution is -2.55. The molecule has 92 heavy (non-hydrogen) atoms. The summed E-state index contributed by atoms with van der Waals surface area (Å²) in [7, 11) is 3.01. The molecule has 4 saturated heterocycles. The molecule has 0 saturated carbocycles. The first-order valence-corrected chi connectivity index (χ1v) is 30.8. The van der Waals surface area contributed by atoms with E-state index in [0.717, 1.165) is 83.9 Å². The van der Waals surface area contributed by atoms with Crippen LogP contribution in [0.15, 0.2) is 109 Å². The molecule has 0 spiro atoms. The van der Waals surface area contributed by atoms with Crippen LogP contribution >= 0.6 is 0 Å². The molecule has 26 heteroatoms. The Morgan fingerprint density at radius 2 is 0.924 bits per heavy atom. The van der Waals surface area contributed by atoms with Gasteiger partial charge in [-0.25, -0.2) is 19.0 Å².